The monoisotopic (exact) mass is 370 g/mol. The number of benzene rings is 1. The number of halogens is 1. The second-order valence-corrected chi connectivity index (χ2v) is 5.61. The van der Waals surface area contributed by atoms with Crippen molar-refractivity contribution in [3.63, 3.8) is 0 Å². The number of hydrogen-bond donors (Lipinski definition) is 1. The number of anilines is 1. The fraction of sp³-hybridized carbons (Fsp3) is 0. The van der Waals surface area contributed by atoms with Crippen LogP contribution in [0.4, 0.5) is 17.1 Å². The number of nitro benzene ring substituents is 2. The molecule has 0 amide bonds. The van der Waals surface area contributed by atoms with Crippen LogP contribution in [0.25, 0.3) is 0 Å². The summed E-state index contributed by atoms with van der Waals surface area (Å²) >= 11 is 4.74. The lowest BCUT2D eigenvalue weighted by atomic mass is 10.2. The number of hydrogen-bond acceptors (Lipinski definition) is 7. The third-order valence-electron chi connectivity index (χ3n) is 2.35. The van der Waals surface area contributed by atoms with Gasteiger partial charge in [-0.2, -0.15) is 5.10 Å². The summed E-state index contributed by atoms with van der Waals surface area (Å²) < 4.78 is 0.912. The smallest absolute Gasteiger partial charge is 0.272 e. The molecule has 2 rings (SSSR count). The van der Waals surface area contributed by atoms with E-state index in [4.69, 9.17) is 0 Å². The van der Waals surface area contributed by atoms with E-state index in [-0.39, 0.29) is 11.4 Å². The molecule has 10 heteroatoms. The van der Waals surface area contributed by atoms with Crippen LogP contribution >= 0.6 is 27.3 Å². The van der Waals surface area contributed by atoms with Gasteiger partial charge in [0.2, 0.25) is 0 Å². The molecule has 1 aromatic heterocycles. The van der Waals surface area contributed by atoms with E-state index in [1.54, 1.807) is 0 Å². The molecule has 0 saturated carbocycles. The van der Waals surface area contributed by atoms with Gasteiger partial charge < -0.3 is 0 Å². The van der Waals surface area contributed by atoms with Crippen LogP contribution in [0.3, 0.4) is 0 Å². The van der Waals surface area contributed by atoms with Crippen molar-refractivity contribution in [3.05, 3.63) is 59.2 Å². The Morgan fingerprint density at radius 1 is 1.24 bits per heavy atom. The summed E-state index contributed by atoms with van der Waals surface area (Å²) in [5.41, 5.74) is 1.84. The minimum Gasteiger partial charge on any atom is -0.272 e. The maximum absolute atomic E-state index is 10.9. The van der Waals surface area contributed by atoms with Crippen molar-refractivity contribution in [3.8, 4) is 0 Å². The van der Waals surface area contributed by atoms with E-state index < -0.39 is 15.5 Å². The number of non-ortho nitro benzene ring substituents is 1. The molecule has 0 aliphatic heterocycles. The second-order valence-electron chi connectivity index (χ2n) is 3.75. The first-order chi connectivity index (χ1) is 9.97. The SMILES string of the molecule is O=[N+]([O-])c1ccc(N/N=C/c2cc(Br)cs2)c([N+](=O)[O-])c1. The molecular formula is C11H7BrN4O4S. The Balaban J connectivity index is 2.21. The predicted molar refractivity (Wildman–Crippen MR) is 83.0 cm³/mol. The molecule has 1 N–H and O–H groups in total. The van der Waals surface area contributed by atoms with Gasteiger partial charge in [-0.25, -0.2) is 0 Å². The quantitative estimate of drug-likeness (QED) is 0.489. The molecule has 8 nitrogen and oxygen atoms in total. The third-order valence-corrected chi connectivity index (χ3v) is 3.98. The average Bonchev–Trinajstić information content (AvgIpc) is 2.84. The van der Waals surface area contributed by atoms with Crippen LogP contribution in [0.5, 0.6) is 0 Å². The number of hydrazone groups is 1. The fourth-order valence-corrected chi connectivity index (χ4v) is 2.74. The van der Waals surface area contributed by atoms with Crippen LogP contribution in [-0.4, -0.2) is 16.1 Å². The number of rotatable bonds is 5. The molecule has 0 aliphatic rings. The highest BCUT2D eigenvalue weighted by atomic mass is 79.9. The summed E-state index contributed by atoms with van der Waals surface area (Å²) in [6.07, 6.45) is 1.50. The minimum absolute atomic E-state index is 0.0810. The molecule has 1 heterocycles. The highest BCUT2D eigenvalue weighted by Gasteiger charge is 2.18. The molecule has 0 radical (unpaired) electrons. The van der Waals surface area contributed by atoms with Gasteiger partial charge in [0, 0.05) is 20.8 Å². The maximum Gasteiger partial charge on any atom is 0.301 e. The first-order valence-electron chi connectivity index (χ1n) is 5.43. The Hall–Kier alpha value is -2.33. The molecule has 0 unspecified atom stereocenters. The van der Waals surface area contributed by atoms with E-state index in [0.29, 0.717) is 0 Å². The third kappa shape index (κ3) is 3.83. The normalized spacial score (nSPS) is 10.7. The molecule has 0 bridgehead atoms. The summed E-state index contributed by atoms with van der Waals surface area (Å²) in [4.78, 5) is 21.0. The van der Waals surface area contributed by atoms with Crippen LogP contribution < -0.4 is 5.43 Å². The molecule has 0 spiro atoms. The van der Waals surface area contributed by atoms with Crippen molar-refractivity contribution in [1.29, 1.82) is 0 Å². The average molecular weight is 371 g/mol. The minimum atomic E-state index is -0.702. The van der Waals surface area contributed by atoms with Crippen molar-refractivity contribution in [1.82, 2.24) is 0 Å². The topological polar surface area (TPSA) is 111 Å². The van der Waals surface area contributed by atoms with Gasteiger partial charge in [-0.15, -0.1) is 11.3 Å². The number of nitrogens with one attached hydrogen (secondary N) is 1. The van der Waals surface area contributed by atoms with Crippen molar-refractivity contribution < 1.29 is 9.85 Å². The van der Waals surface area contributed by atoms with Gasteiger partial charge in [0.05, 0.1) is 22.1 Å². The number of nitro groups is 2. The first-order valence-corrected chi connectivity index (χ1v) is 7.10. The second kappa shape index (κ2) is 6.41. The highest BCUT2D eigenvalue weighted by molar-refractivity contribution is 9.10. The van der Waals surface area contributed by atoms with E-state index in [1.807, 2.05) is 11.4 Å². The maximum atomic E-state index is 10.9. The van der Waals surface area contributed by atoms with E-state index in [1.165, 1.54) is 29.7 Å². The Morgan fingerprint density at radius 3 is 2.57 bits per heavy atom. The predicted octanol–water partition coefficient (Wildman–Crippen LogP) is 3.77. The van der Waals surface area contributed by atoms with Crippen LogP contribution in [0.2, 0.25) is 0 Å². The van der Waals surface area contributed by atoms with E-state index in [2.05, 4.69) is 26.5 Å². The molecule has 0 saturated heterocycles. The van der Waals surface area contributed by atoms with Gasteiger partial charge in [-0.05, 0) is 28.1 Å². The van der Waals surface area contributed by atoms with Gasteiger partial charge in [0.1, 0.15) is 5.69 Å². The van der Waals surface area contributed by atoms with E-state index >= 15 is 0 Å². The van der Waals surface area contributed by atoms with Crippen molar-refractivity contribution in [2.75, 3.05) is 5.43 Å². The molecular weight excluding hydrogens is 364 g/mol. The zero-order valence-electron chi connectivity index (χ0n) is 10.2. The van der Waals surface area contributed by atoms with E-state index in [0.717, 1.165) is 15.4 Å². The van der Waals surface area contributed by atoms with Crippen LogP contribution in [-0.2, 0) is 0 Å². The number of thiophene rings is 1. The molecule has 21 heavy (non-hydrogen) atoms. The van der Waals surface area contributed by atoms with Gasteiger partial charge >= 0.3 is 5.69 Å². The van der Waals surface area contributed by atoms with Gasteiger partial charge in [0.25, 0.3) is 5.69 Å². The Kier molecular flexibility index (Phi) is 4.60. The van der Waals surface area contributed by atoms with Gasteiger partial charge in [-0.1, -0.05) is 0 Å². The molecule has 1 aromatic carbocycles. The van der Waals surface area contributed by atoms with Crippen LogP contribution in [0.1, 0.15) is 4.88 Å². The van der Waals surface area contributed by atoms with Crippen LogP contribution in [0, 0.1) is 20.2 Å². The summed E-state index contributed by atoms with van der Waals surface area (Å²) in [5, 5.41) is 27.3. The summed E-state index contributed by atoms with van der Waals surface area (Å²) in [7, 11) is 0. The zero-order valence-corrected chi connectivity index (χ0v) is 12.6. The van der Waals surface area contributed by atoms with E-state index in [9.17, 15) is 20.2 Å². The van der Waals surface area contributed by atoms with Gasteiger partial charge in [-0.3, -0.25) is 25.7 Å². The lowest BCUT2D eigenvalue weighted by molar-refractivity contribution is -0.393. The fourth-order valence-electron chi connectivity index (χ4n) is 1.44. The Labute approximate surface area is 130 Å². The molecule has 2 aromatic rings. The van der Waals surface area contributed by atoms with Crippen molar-refractivity contribution in [2.45, 2.75) is 0 Å². The molecule has 0 fully saturated rings. The lowest BCUT2D eigenvalue weighted by Crippen LogP contribution is -1.98. The molecule has 0 aliphatic carbocycles. The summed E-state index contributed by atoms with van der Waals surface area (Å²) in [5.74, 6) is 0. The highest BCUT2D eigenvalue weighted by Crippen LogP contribution is 2.28. The molecule has 108 valence electrons. The molecule has 0 atom stereocenters. The summed E-state index contributed by atoms with van der Waals surface area (Å²) in [6, 6.07) is 5.14. The first kappa shape index (κ1) is 15.1. The lowest BCUT2D eigenvalue weighted by Gasteiger charge is -2.01. The van der Waals surface area contributed by atoms with Crippen molar-refractivity contribution >= 4 is 50.5 Å². The van der Waals surface area contributed by atoms with Gasteiger partial charge in [0.15, 0.2) is 0 Å². The zero-order chi connectivity index (χ0) is 15.4. The summed E-state index contributed by atoms with van der Waals surface area (Å²) in [6.45, 7) is 0. The largest absolute Gasteiger partial charge is 0.301 e. The number of nitrogens with zero attached hydrogens (tertiary/aromatic N) is 3. The van der Waals surface area contributed by atoms with Crippen molar-refractivity contribution in [2.24, 2.45) is 5.10 Å². The Morgan fingerprint density at radius 2 is 2.00 bits per heavy atom. The van der Waals surface area contributed by atoms with Crippen LogP contribution in [0.15, 0.2) is 39.2 Å². The Bertz CT molecular complexity index is 731. The standard InChI is InChI=1S/C11H7BrN4O4S/c12-7-3-9(21-6-7)5-13-14-10-2-1-8(15(17)18)4-11(10)16(19)20/h1-6,14H/b13-5+.